The van der Waals surface area contributed by atoms with E-state index in [2.05, 4.69) is 36.1 Å². The number of nitrogen functional groups attached to an aromatic ring is 1. The Hall–Kier alpha value is -1.36. The van der Waals surface area contributed by atoms with Crippen LogP contribution in [0.5, 0.6) is 0 Å². The minimum Gasteiger partial charge on any atom is -0.384 e. The van der Waals surface area contributed by atoms with Crippen molar-refractivity contribution >= 4 is 11.6 Å². The van der Waals surface area contributed by atoms with Crippen LogP contribution in [0.1, 0.15) is 45.9 Å². The van der Waals surface area contributed by atoms with Crippen LogP contribution >= 0.6 is 0 Å². The predicted molar refractivity (Wildman–Crippen MR) is 77.2 cm³/mol. The summed E-state index contributed by atoms with van der Waals surface area (Å²) in [7, 11) is 0. The molecular formula is C14H24N4O. The van der Waals surface area contributed by atoms with E-state index < -0.39 is 0 Å². The molecule has 0 amide bonds. The molecule has 1 aliphatic rings. The number of nitrogens with zero attached hydrogens (tertiary/aromatic N) is 2. The quantitative estimate of drug-likeness (QED) is 0.873. The van der Waals surface area contributed by atoms with Crippen molar-refractivity contribution in [2.75, 3.05) is 24.2 Å². The van der Waals surface area contributed by atoms with Gasteiger partial charge < -0.3 is 15.8 Å². The van der Waals surface area contributed by atoms with Crippen LogP contribution in [0.3, 0.4) is 0 Å². The van der Waals surface area contributed by atoms with E-state index in [4.69, 9.17) is 10.5 Å². The highest BCUT2D eigenvalue weighted by atomic mass is 16.5. The maximum absolute atomic E-state index is 5.83. The van der Waals surface area contributed by atoms with Crippen molar-refractivity contribution < 1.29 is 4.74 Å². The summed E-state index contributed by atoms with van der Waals surface area (Å²) in [6.07, 6.45) is 3.75. The van der Waals surface area contributed by atoms with Gasteiger partial charge >= 0.3 is 0 Å². The predicted octanol–water partition coefficient (Wildman–Crippen LogP) is 2.34. The molecule has 19 heavy (non-hydrogen) atoms. The monoisotopic (exact) mass is 264 g/mol. The molecule has 106 valence electrons. The third-order valence-electron chi connectivity index (χ3n) is 3.21. The Kier molecular flexibility index (Phi) is 4.24. The van der Waals surface area contributed by atoms with E-state index >= 15 is 0 Å². The fourth-order valence-corrected chi connectivity index (χ4v) is 2.13. The number of nitrogens with two attached hydrogens (primary N) is 1. The summed E-state index contributed by atoms with van der Waals surface area (Å²) in [5.41, 5.74) is 5.74. The lowest BCUT2D eigenvalue weighted by molar-refractivity contribution is 0.107. The summed E-state index contributed by atoms with van der Waals surface area (Å²) in [6.45, 7) is 8.00. The number of ether oxygens (including phenoxy) is 1. The van der Waals surface area contributed by atoms with E-state index in [1.54, 1.807) is 6.07 Å². The molecule has 5 nitrogen and oxygen atoms in total. The maximum Gasteiger partial charge on any atom is 0.138 e. The average molecular weight is 264 g/mol. The van der Waals surface area contributed by atoms with Gasteiger partial charge in [0.1, 0.15) is 17.5 Å². The minimum atomic E-state index is -0.0969. The van der Waals surface area contributed by atoms with Gasteiger partial charge in [-0.05, 0) is 19.3 Å². The van der Waals surface area contributed by atoms with Crippen molar-refractivity contribution in [1.29, 1.82) is 0 Å². The van der Waals surface area contributed by atoms with Crippen LogP contribution in [-0.4, -0.2) is 29.2 Å². The summed E-state index contributed by atoms with van der Waals surface area (Å²) in [4.78, 5) is 8.82. The van der Waals surface area contributed by atoms with Gasteiger partial charge in [0.25, 0.3) is 0 Å². The van der Waals surface area contributed by atoms with Gasteiger partial charge in [0.05, 0.1) is 6.10 Å². The number of aromatic nitrogens is 2. The highest BCUT2D eigenvalue weighted by Crippen LogP contribution is 2.21. The number of anilines is 2. The van der Waals surface area contributed by atoms with Crippen LogP contribution in [0.4, 0.5) is 11.6 Å². The SMILES string of the molecule is CC(C)(C)c1nc(N)cc(NCCC2CCCO2)n1. The summed E-state index contributed by atoms with van der Waals surface area (Å²) in [5.74, 6) is 2.09. The zero-order chi connectivity index (χ0) is 13.9. The normalized spacial score (nSPS) is 19.6. The van der Waals surface area contributed by atoms with Gasteiger partial charge in [-0.1, -0.05) is 20.8 Å². The Balaban J connectivity index is 1.94. The van der Waals surface area contributed by atoms with Gasteiger partial charge in [0, 0.05) is 24.6 Å². The molecule has 3 N–H and O–H groups in total. The van der Waals surface area contributed by atoms with E-state index in [-0.39, 0.29) is 5.41 Å². The molecule has 1 saturated heterocycles. The Labute approximate surface area is 115 Å². The minimum absolute atomic E-state index is 0.0969. The van der Waals surface area contributed by atoms with E-state index in [0.29, 0.717) is 11.9 Å². The van der Waals surface area contributed by atoms with Crippen molar-refractivity contribution in [2.24, 2.45) is 0 Å². The largest absolute Gasteiger partial charge is 0.384 e. The molecule has 5 heteroatoms. The van der Waals surface area contributed by atoms with Crippen LogP contribution < -0.4 is 11.1 Å². The molecule has 2 rings (SSSR count). The molecule has 1 fully saturated rings. The van der Waals surface area contributed by atoms with Gasteiger partial charge in [-0.2, -0.15) is 0 Å². The summed E-state index contributed by atoms with van der Waals surface area (Å²) in [6, 6.07) is 1.78. The number of rotatable bonds is 4. The molecule has 1 aromatic heterocycles. The molecule has 1 atom stereocenters. The van der Waals surface area contributed by atoms with Gasteiger partial charge in [-0.25, -0.2) is 9.97 Å². The Morgan fingerprint density at radius 3 is 2.84 bits per heavy atom. The molecular weight excluding hydrogens is 240 g/mol. The fourth-order valence-electron chi connectivity index (χ4n) is 2.13. The second-order valence-corrected chi connectivity index (χ2v) is 6.10. The first kappa shape index (κ1) is 14.1. The highest BCUT2D eigenvalue weighted by Gasteiger charge is 2.19. The number of hydrogen-bond acceptors (Lipinski definition) is 5. The first-order valence-corrected chi connectivity index (χ1v) is 6.95. The number of nitrogens with one attached hydrogen (secondary N) is 1. The molecule has 0 aliphatic carbocycles. The zero-order valence-corrected chi connectivity index (χ0v) is 12.1. The smallest absolute Gasteiger partial charge is 0.138 e. The second kappa shape index (κ2) is 5.74. The van der Waals surface area contributed by atoms with Crippen molar-refractivity contribution in [2.45, 2.75) is 51.6 Å². The van der Waals surface area contributed by atoms with E-state index in [9.17, 15) is 0 Å². The molecule has 0 bridgehead atoms. The molecule has 1 aromatic rings. The lowest BCUT2D eigenvalue weighted by atomic mass is 9.96. The first-order valence-electron chi connectivity index (χ1n) is 6.95. The van der Waals surface area contributed by atoms with E-state index in [1.165, 1.54) is 12.8 Å². The molecule has 1 unspecified atom stereocenters. The average Bonchev–Trinajstić information content (AvgIpc) is 2.80. The molecule has 0 aromatic carbocycles. The summed E-state index contributed by atoms with van der Waals surface area (Å²) < 4.78 is 5.60. The molecule has 0 spiro atoms. The van der Waals surface area contributed by atoms with Crippen LogP contribution in [0, 0.1) is 0 Å². The van der Waals surface area contributed by atoms with Crippen LogP contribution in [0.2, 0.25) is 0 Å². The topological polar surface area (TPSA) is 73.1 Å². The van der Waals surface area contributed by atoms with Gasteiger partial charge in [0.2, 0.25) is 0 Å². The first-order chi connectivity index (χ1) is 8.95. The van der Waals surface area contributed by atoms with Gasteiger partial charge in [-0.3, -0.25) is 0 Å². The highest BCUT2D eigenvalue weighted by molar-refractivity contribution is 5.45. The molecule has 2 heterocycles. The van der Waals surface area contributed by atoms with Gasteiger partial charge in [0.15, 0.2) is 0 Å². The summed E-state index contributed by atoms with van der Waals surface area (Å²) >= 11 is 0. The zero-order valence-electron chi connectivity index (χ0n) is 12.1. The van der Waals surface area contributed by atoms with E-state index in [0.717, 1.165) is 31.2 Å². The van der Waals surface area contributed by atoms with Crippen LogP contribution in [0.15, 0.2) is 6.07 Å². The lowest BCUT2D eigenvalue weighted by Gasteiger charge is -2.18. The van der Waals surface area contributed by atoms with Gasteiger partial charge in [-0.15, -0.1) is 0 Å². The third-order valence-corrected chi connectivity index (χ3v) is 3.21. The van der Waals surface area contributed by atoms with Crippen molar-refractivity contribution in [3.8, 4) is 0 Å². The van der Waals surface area contributed by atoms with Crippen molar-refractivity contribution in [1.82, 2.24) is 9.97 Å². The lowest BCUT2D eigenvalue weighted by Crippen LogP contribution is -2.19. The Morgan fingerprint density at radius 1 is 1.42 bits per heavy atom. The fraction of sp³-hybridized carbons (Fsp3) is 0.714. The third kappa shape index (κ3) is 4.06. The van der Waals surface area contributed by atoms with Crippen LogP contribution in [0.25, 0.3) is 0 Å². The molecule has 0 radical (unpaired) electrons. The van der Waals surface area contributed by atoms with E-state index in [1.807, 2.05) is 0 Å². The Bertz CT molecular complexity index is 422. The van der Waals surface area contributed by atoms with Crippen molar-refractivity contribution in [3.05, 3.63) is 11.9 Å². The van der Waals surface area contributed by atoms with Crippen molar-refractivity contribution in [3.63, 3.8) is 0 Å². The van der Waals surface area contributed by atoms with Crippen LogP contribution in [-0.2, 0) is 10.2 Å². The maximum atomic E-state index is 5.83. The second-order valence-electron chi connectivity index (χ2n) is 6.10. The molecule has 0 saturated carbocycles. The Morgan fingerprint density at radius 2 is 2.21 bits per heavy atom. The standard InChI is InChI=1S/C14H24N4O/c1-14(2,3)13-17-11(15)9-12(18-13)16-7-6-10-5-4-8-19-10/h9-10H,4-8H2,1-3H3,(H3,15,16,17,18). The number of hydrogen-bond donors (Lipinski definition) is 2. The summed E-state index contributed by atoms with van der Waals surface area (Å²) in [5, 5.41) is 3.31. The molecule has 1 aliphatic heterocycles.